The Hall–Kier alpha value is -0.120. The van der Waals surface area contributed by atoms with Crippen molar-refractivity contribution in [2.24, 2.45) is 5.41 Å². The fraction of sp³-hybridized carbons (Fsp3) is 1.00. The fourth-order valence-corrected chi connectivity index (χ4v) is 2.42. The normalized spacial score (nSPS) is 20.2. The van der Waals surface area contributed by atoms with Crippen LogP contribution in [0.15, 0.2) is 0 Å². The fourth-order valence-electron chi connectivity index (χ4n) is 2.42. The van der Waals surface area contributed by atoms with Crippen molar-refractivity contribution in [3.8, 4) is 0 Å². The lowest BCUT2D eigenvalue weighted by Crippen LogP contribution is -2.45. The highest BCUT2D eigenvalue weighted by Crippen LogP contribution is 2.30. The summed E-state index contributed by atoms with van der Waals surface area (Å²) in [6.45, 7) is 8.17. The highest BCUT2D eigenvalue weighted by molar-refractivity contribution is 4.85. The summed E-state index contributed by atoms with van der Waals surface area (Å²) in [7, 11) is 1.80. The van der Waals surface area contributed by atoms with Gasteiger partial charge in [0.05, 0.1) is 6.61 Å². The summed E-state index contributed by atoms with van der Waals surface area (Å²) in [6, 6.07) is 0.650. The van der Waals surface area contributed by atoms with Gasteiger partial charge in [0.1, 0.15) is 0 Å². The lowest BCUT2D eigenvalue weighted by Gasteiger charge is -2.37. The zero-order chi connectivity index (χ0) is 11.9. The topological polar surface area (TPSA) is 30.5 Å². The Morgan fingerprint density at radius 1 is 1.25 bits per heavy atom. The molecule has 0 aromatic rings. The van der Waals surface area contributed by atoms with E-state index in [0.717, 1.165) is 39.2 Å². The smallest absolute Gasteiger partial charge is 0.0532 e. The van der Waals surface area contributed by atoms with E-state index in [0.29, 0.717) is 11.5 Å². The molecule has 3 nitrogen and oxygen atoms in total. The van der Waals surface area contributed by atoms with E-state index in [1.54, 1.807) is 7.11 Å². The quantitative estimate of drug-likeness (QED) is 0.726. The second-order valence-corrected chi connectivity index (χ2v) is 4.94. The van der Waals surface area contributed by atoms with E-state index in [4.69, 9.17) is 9.47 Å². The maximum Gasteiger partial charge on any atom is 0.0532 e. The summed E-state index contributed by atoms with van der Waals surface area (Å²) in [6.07, 6.45) is 4.65. The van der Waals surface area contributed by atoms with Crippen LogP contribution in [0.3, 0.4) is 0 Å². The summed E-state index contributed by atoms with van der Waals surface area (Å²) in [5.74, 6) is 0. The summed E-state index contributed by atoms with van der Waals surface area (Å²) in [4.78, 5) is 0. The average Bonchev–Trinajstić information content (AvgIpc) is 2.32. The van der Waals surface area contributed by atoms with E-state index in [-0.39, 0.29) is 0 Å². The third-order valence-electron chi connectivity index (χ3n) is 3.76. The molecular weight excluding hydrogens is 202 g/mol. The minimum Gasteiger partial charge on any atom is -0.384 e. The van der Waals surface area contributed by atoms with E-state index < -0.39 is 0 Å². The third-order valence-corrected chi connectivity index (χ3v) is 3.76. The van der Waals surface area contributed by atoms with Crippen molar-refractivity contribution in [1.82, 2.24) is 5.32 Å². The highest BCUT2D eigenvalue weighted by Gasteiger charge is 2.32. The van der Waals surface area contributed by atoms with Crippen molar-refractivity contribution in [1.29, 1.82) is 0 Å². The predicted molar refractivity (Wildman–Crippen MR) is 66.7 cm³/mol. The number of methoxy groups -OCH3 is 1. The molecule has 0 radical (unpaired) electrons. The summed E-state index contributed by atoms with van der Waals surface area (Å²) < 4.78 is 10.8. The molecule has 1 N–H and O–H groups in total. The Labute approximate surface area is 99.9 Å². The van der Waals surface area contributed by atoms with Crippen LogP contribution < -0.4 is 5.32 Å². The van der Waals surface area contributed by atoms with Crippen LogP contribution in [0.1, 0.15) is 39.5 Å². The first-order valence-corrected chi connectivity index (χ1v) is 6.56. The molecule has 0 saturated carbocycles. The van der Waals surface area contributed by atoms with Crippen LogP contribution >= 0.6 is 0 Å². The summed E-state index contributed by atoms with van der Waals surface area (Å²) in [5, 5.41) is 3.68. The zero-order valence-electron chi connectivity index (χ0n) is 11.1. The Bertz CT molecular complexity index is 169. The predicted octanol–water partition coefficient (Wildman–Crippen LogP) is 2.21. The molecule has 16 heavy (non-hydrogen) atoms. The lowest BCUT2D eigenvalue weighted by atomic mass is 9.80. The number of hydrogen-bond acceptors (Lipinski definition) is 3. The van der Waals surface area contributed by atoms with Gasteiger partial charge in [0.25, 0.3) is 0 Å². The molecule has 96 valence electrons. The van der Waals surface area contributed by atoms with Gasteiger partial charge in [-0.1, -0.05) is 13.8 Å². The average molecular weight is 229 g/mol. The standard InChI is InChI=1S/C13H27NO2/c1-4-12(5-2)14-10-13(11-15-3)6-8-16-9-7-13/h12,14H,4-11H2,1-3H3. The van der Waals surface area contributed by atoms with Gasteiger partial charge < -0.3 is 14.8 Å². The van der Waals surface area contributed by atoms with Crippen LogP contribution in [-0.2, 0) is 9.47 Å². The van der Waals surface area contributed by atoms with Crippen LogP contribution in [0.5, 0.6) is 0 Å². The molecule has 1 rings (SSSR count). The van der Waals surface area contributed by atoms with Crippen LogP contribution in [0.2, 0.25) is 0 Å². The highest BCUT2D eigenvalue weighted by atomic mass is 16.5. The molecule has 1 heterocycles. The second-order valence-electron chi connectivity index (χ2n) is 4.94. The van der Waals surface area contributed by atoms with Gasteiger partial charge in [0.2, 0.25) is 0 Å². The van der Waals surface area contributed by atoms with Crippen molar-refractivity contribution >= 4 is 0 Å². The molecule has 3 heteroatoms. The van der Waals surface area contributed by atoms with Crippen LogP contribution in [0.4, 0.5) is 0 Å². The number of hydrogen-bond donors (Lipinski definition) is 1. The largest absolute Gasteiger partial charge is 0.384 e. The molecule has 1 saturated heterocycles. The van der Waals surface area contributed by atoms with Gasteiger partial charge in [0, 0.05) is 38.3 Å². The van der Waals surface area contributed by atoms with Crippen LogP contribution in [-0.4, -0.2) is 39.5 Å². The Morgan fingerprint density at radius 2 is 1.88 bits per heavy atom. The minimum absolute atomic E-state index is 0.301. The van der Waals surface area contributed by atoms with Crippen molar-refractivity contribution in [2.45, 2.75) is 45.6 Å². The second kappa shape index (κ2) is 7.25. The lowest BCUT2D eigenvalue weighted by molar-refractivity contribution is -0.0281. The third kappa shape index (κ3) is 4.04. The summed E-state index contributed by atoms with van der Waals surface area (Å²) in [5.41, 5.74) is 0.301. The van der Waals surface area contributed by atoms with Gasteiger partial charge in [-0.15, -0.1) is 0 Å². The van der Waals surface area contributed by atoms with Crippen molar-refractivity contribution in [3.63, 3.8) is 0 Å². The summed E-state index contributed by atoms with van der Waals surface area (Å²) >= 11 is 0. The maximum absolute atomic E-state index is 5.45. The van der Waals surface area contributed by atoms with Crippen molar-refractivity contribution in [2.75, 3.05) is 33.5 Å². The van der Waals surface area contributed by atoms with E-state index in [9.17, 15) is 0 Å². The first-order chi connectivity index (χ1) is 7.76. The minimum atomic E-state index is 0.301. The molecule has 0 aliphatic carbocycles. The molecule has 0 unspecified atom stereocenters. The first-order valence-electron chi connectivity index (χ1n) is 6.56. The number of nitrogens with one attached hydrogen (secondary N) is 1. The van der Waals surface area contributed by atoms with Crippen molar-refractivity contribution < 1.29 is 9.47 Å². The number of rotatable bonds is 7. The van der Waals surface area contributed by atoms with Gasteiger partial charge in [0.15, 0.2) is 0 Å². The Morgan fingerprint density at radius 3 is 2.38 bits per heavy atom. The van der Waals surface area contributed by atoms with E-state index >= 15 is 0 Å². The number of ether oxygens (including phenoxy) is 2. The first kappa shape index (κ1) is 13.9. The molecule has 0 bridgehead atoms. The molecule has 0 amide bonds. The maximum atomic E-state index is 5.45. The molecule has 0 aromatic carbocycles. The van der Waals surface area contributed by atoms with Gasteiger partial charge >= 0.3 is 0 Å². The molecule has 1 aliphatic heterocycles. The van der Waals surface area contributed by atoms with Gasteiger partial charge in [-0.05, 0) is 25.7 Å². The molecule has 0 atom stereocenters. The van der Waals surface area contributed by atoms with Crippen molar-refractivity contribution in [3.05, 3.63) is 0 Å². The SMILES string of the molecule is CCC(CC)NCC1(COC)CCOCC1. The van der Waals surface area contributed by atoms with E-state index in [1.807, 2.05) is 0 Å². The zero-order valence-corrected chi connectivity index (χ0v) is 11.1. The Kier molecular flexibility index (Phi) is 6.32. The van der Waals surface area contributed by atoms with Gasteiger partial charge in [-0.3, -0.25) is 0 Å². The molecular formula is C13H27NO2. The van der Waals surface area contributed by atoms with Gasteiger partial charge in [-0.25, -0.2) is 0 Å². The van der Waals surface area contributed by atoms with E-state index in [2.05, 4.69) is 19.2 Å². The van der Waals surface area contributed by atoms with Crippen LogP contribution in [0.25, 0.3) is 0 Å². The monoisotopic (exact) mass is 229 g/mol. The molecule has 0 aromatic heterocycles. The molecule has 0 spiro atoms. The molecule has 1 aliphatic rings. The molecule has 1 fully saturated rings. The van der Waals surface area contributed by atoms with E-state index in [1.165, 1.54) is 12.8 Å². The Balaban J connectivity index is 2.43. The van der Waals surface area contributed by atoms with Crippen LogP contribution in [0, 0.1) is 5.41 Å². The van der Waals surface area contributed by atoms with Gasteiger partial charge in [-0.2, -0.15) is 0 Å².